The second-order valence-corrected chi connectivity index (χ2v) is 8.82. The maximum atomic E-state index is 12.8. The van der Waals surface area contributed by atoms with Crippen molar-refractivity contribution in [2.75, 3.05) is 18.9 Å². The molecule has 1 aromatic heterocycles. The molecule has 27 heavy (non-hydrogen) atoms. The average Bonchev–Trinajstić information content (AvgIpc) is 3.03. The molecular formula is C18H19NO6S2. The van der Waals surface area contributed by atoms with Gasteiger partial charge >= 0.3 is 11.9 Å². The molecule has 0 bridgehead atoms. The van der Waals surface area contributed by atoms with Crippen molar-refractivity contribution < 1.29 is 27.5 Å². The van der Waals surface area contributed by atoms with Crippen molar-refractivity contribution in [3.05, 3.63) is 45.8 Å². The highest BCUT2D eigenvalue weighted by molar-refractivity contribution is 7.93. The fourth-order valence-electron chi connectivity index (χ4n) is 3.04. The monoisotopic (exact) mass is 409 g/mol. The van der Waals surface area contributed by atoms with Gasteiger partial charge < -0.3 is 9.47 Å². The summed E-state index contributed by atoms with van der Waals surface area (Å²) >= 11 is 1.26. The molecule has 0 amide bonds. The third-order valence-corrected chi connectivity index (χ3v) is 7.04. The van der Waals surface area contributed by atoms with Gasteiger partial charge in [0.1, 0.15) is 5.00 Å². The van der Waals surface area contributed by atoms with E-state index in [1.165, 1.54) is 49.8 Å². The molecule has 3 rings (SSSR count). The molecule has 0 saturated heterocycles. The second kappa shape index (κ2) is 7.69. The Labute approximate surface area is 161 Å². The first-order chi connectivity index (χ1) is 12.9. The van der Waals surface area contributed by atoms with Gasteiger partial charge in [0.2, 0.25) is 0 Å². The number of ether oxygens (including phenoxy) is 2. The largest absolute Gasteiger partial charge is 0.465 e. The van der Waals surface area contributed by atoms with Gasteiger partial charge in [-0.1, -0.05) is 6.07 Å². The topological polar surface area (TPSA) is 98.8 Å². The number of hydrogen-bond acceptors (Lipinski definition) is 7. The van der Waals surface area contributed by atoms with Gasteiger partial charge in [-0.15, -0.1) is 11.3 Å². The van der Waals surface area contributed by atoms with E-state index in [9.17, 15) is 18.0 Å². The molecular weight excluding hydrogens is 390 g/mol. The van der Waals surface area contributed by atoms with Gasteiger partial charge in [0.15, 0.2) is 0 Å². The van der Waals surface area contributed by atoms with E-state index < -0.39 is 22.0 Å². The number of carbonyl (C=O) groups excluding carboxylic acids is 2. The van der Waals surface area contributed by atoms with E-state index in [2.05, 4.69) is 9.46 Å². The number of thiophene rings is 1. The maximum absolute atomic E-state index is 12.8. The molecule has 144 valence electrons. The quantitative estimate of drug-likeness (QED) is 0.762. The van der Waals surface area contributed by atoms with E-state index in [-0.39, 0.29) is 21.0 Å². The lowest BCUT2D eigenvalue weighted by Gasteiger charge is -2.12. The summed E-state index contributed by atoms with van der Waals surface area (Å²) in [5, 5.41) is 0.247. The molecule has 0 saturated carbocycles. The van der Waals surface area contributed by atoms with E-state index in [1.54, 1.807) is 0 Å². The summed E-state index contributed by atoms with van der Waals surface area (Å²) < 4.78 is 37.6. The van der Waals surface area contributed by atoms with Crippen LogP contribution in [0.2, 0.25) is 0 Å². The van der Waals surface area contributed by atoms with Crippen molar-refractivity contribution in [2.24, 2.45) is 0 Å². The Morgan fingerprint density at radius 3 is 2.48 bits per heavy atom. The molecule has 1 aliphatic carbocycles. The van der Waals surface area contributed by atoms with Crippen molar-refractivity contribution in [1.82, 2.24) is 0 Å². The van der Waals surface area contributed by atoms with Crippen LogP contribution in [0.5, 0.6) is 0 Å². The number of hydrogen-bond donors (Lipinski definition) is 1. The summed E-state index contributed by atoms with van der Waals surface area (Å²) in [7, 11) is -1.50. The number of aryl methyl sites for hydroxylation is 1. The zero-order chi connectivity index (χ0) is 19.6. The number of anilines is 1. The number of fused-ring (bicyclic) bond motifs is 1. The Kier molecular flexibility index (Phi) is 5.52. The van der Waals surface area contributed by atoms with Crippen LogP contribution < -0.4 is 4.72 Å². The number of sulfonamides is 1. The van der Waals surface area contributed by atoms with Crippen LogP contribution in [-0.2, 0) is 32.3 Å². The summed E-state index contributed by atoms with van der Waals surface area (Å²) in [6.07, 6.45) is 3.47. The van der Waals surface area contributed by atoms with Crippen molar-refractivity contribution in [1.29, 1.82) is 0 Å². The van der Waals surface area contributed by atoms with E-state index in [0.29, 0.717) is 0 Å². The summed E-state index contributed by atoms with van der Waals surface area (Å²) in [4.78, 5) is 24.8. The van der Waals surface area contributed by atoms with Gasteiger partial charge in [-0.25, -0.2) is 18.0 Å². The molecule has 1 heterocycles. The molecule has 1 aliphatic rings. The Morgan fingerprint density at radius 1 is 1.07 bits per heavy atom. The summed E-state index contributed by atoms with van der Waals surface area (Å²) in [6, 6.07) is 5.54. The Hall–Kier alpha value is -2.39. The molecule has 7 nitrogen and oxygen atoms in total. The van der Waals surface area contributed by atoms with Crippen LogP contribution >= 0.6 is 11.3 Å². The number of nitrogens with one attached hydrogen (secondary N) is 1. The average molecular weight is 409 g/mol. The highest BCUT2D eigenvalue weighted by Gasteiger charge is 2.29. The van der Waals surface area contributed by atoms with Gasteiger partial charge in [0, 0.05) is 4.88 Å². The highest BCUT2D eigenvalue weighted by Crippen LogP contribution is 2.39. The number of esters is 2. The lowest BCUT2D eigenvalue weighted by Crippen LogP contribution is -2.16. The molecule has 0 radical (unpaired) electrons. The van der Waals surface area contributed by atoms with Gasteiger partial charge in [-0.2, -0.15) is 0 Å². The minimum atomic E-state index is -4.00. The molecule has 1 aromatic carbocycles. The molecule has 9 heteroatoms. The lowest BCUT2D eigenvalue weighted by molar-refractivity contribution is 0.0592. The number of rotatable bonds is 5. The second-order valence-electron chi connectivity index (χ2n) is 6.03. The first-order valence-electron chi connectivity index (χ1n) is 8.31. The zero-order valence-corrected chi connectivity index (χ0v) is 16.5. The molecule has 1 N–H and O–H groups in total. The van der Waals surface area contributed by atoms with Gasteiger partial charge in [0.25, 0.3) is 10.0 Å². The standard InChI is InChI=1S/C18H19NO6S2/c1-24-17(20)11-6-5-7-12(10-11)27(22,23)19-16-15(18(21)25-2)13-8-3-4-9-14(13)26-16/h5-7,10,19H,3-4,8-9H2,1-2H3. The maximum Gasteiger partial charge on any atom is 0.341 e. The number of benzene rings is 1. The molecule has 2 aromatic rings. The van der Waals surface area contributed by atoms with E-state index in [4.69, 9.17) is 4.74 Å². The minimum Gasteiger partial charge on any atom is -0.465 e. The van der Waals surface area contributed by atoms with Crippen molar-refractivity contribution >= 4 is 38.3 Å². The van der Waals surface area contributed by atoms with Gasteiger partial charge in [-0.3, -0.25) is 4.72 Å². The van der Waals surface area contributed by atoms with Crippen LogP contribution in [0.25, 0.3) is 0 Å². The molecule has 0 fully saturated rings. The normalized spacial score (nSPS) is 13.6. The first-order valence-corrected chi connectivity index (χ1v) is 10.6. The predicted molar refractivity (Wildman–Crippen MR) is 101 cm³/mol. The highest BCUT2D eigenvalue weighted by atomic mass is 32.2. The summed E-state index contributed by atoms with van der Waals surface area (Å²) in [5.74, 6) is -1.19. The zero-order valence-electron chi connectivity index (χ0n) is 14.9. The number of methoxy groups -OCH3 is 2. The molecule has 0 atom stereocenters. The first kappa shape index (κ1) is 19.4. The van der Waals surface area contributed by atoms with Gasteiger partial charge in [0.05, 0.1) is 30.2 Å². The van der Waals surface area contributed by atoms with Crippen LogP contribution in [0.1, 0.15) is 44.0 Å². The van der Waals surface area contributed by atoms with Crippen molar-refractivity contribution in [3.63, 3.8) is 0 Å². The fourth-order valence-corrected chi connectivity index (χ4v) is 5.67. The van der Waals surface area contributed by atoms with Crippen LogP contribution in [0, 0.1) is 0 Å². The van der Waals surface area contributed by atoms with Crippen LogP contribution in [0.4, 0.5) is 5.00 Å². The third-order valence-electron chi connectivity index (χ3n) is 4.35. The Morgan fingerprint density at radius 2 is 1.78 bits per heavy atom. The SMILES string of the molecule is COC(=O)c1cccc(S(=O)(=O)Nc2sc3c(c2C(=O)OC)CCCC3)c1. The summed E-state index contributed by atoms with van der Waals surface area (Å²) in [5.41, 5.74) is 1.27. The van der Waals surface area contributed by atoms with Crippen LogP contribution in [0.3, 0.4) is 0 Å². The minimum absolute atomic E-state index is 0.0902. The number of carbonyl (C=O) groups is 2. The summed E-state index contributed by atoms with van der Waals surface area (Å²) in [6.45, 7) is 0. The van der Waals surface area contributed by atoms with Gasteiger partial charge in [-0.05, 0) is 49.4 Å². The van der Waals surface area contributed by atoms with Crippen LogP contribution in [0.15, 0.2) is 29.2 Å². The Balaban J connectivity index is 2.00. The fraction of sp³-hybridized carbons (Fsp3) is 0.333. The molecule has 0 spiro atoms. The van der Waals surface area contributed by atoms with E-state index >= 15 is 0 Å². The smallest absolute Gasteiger partial charge is 0.341 e. The molecule has 0 unspecified atom stereocenters. The van der Waals surface area contributed by atoms with Crippen LogP contribution in [-0.4, -0.2) is 34.6 Å². The van der Waals surface area contributed by atoms with Crippen molar-refractivity contribution in [2.45, 2.75) is 30.6 Å². The lowest BCUT2D eigenvalue weighted by atomic mass is 9.95. The van der Waals surface area contributed by atoms with E-state index in [1.807, 2.05) is 0 Å². The predicted octanol–water partition coefficient (Wildman–Crippen LogP) is 3.00. The van der Waals surface area contributed by atoms with E-state index in [0.717, 1.165) is 36.1 Å². The van der Waals surface area contributed by atoms with Crippen molar-refractivity contribution in [3.8, 4) is 0 Å². The third kappa shape index (κ3) is 3.84. The molecule has 0 aliphatic heterocycles. The Bertz CT molecular complexity index is 993.